The molecular weight excluding hydrogens is 380 g/mol. The first-order valence-electron chi connectivity index (χ1n) is 6.62. The summed E-state index contributed by atoms with van der Waals surface area (Å²) in [4.78, 5) is 11.8. The van der Waals surface area contributed by atoms with Crippen molar-refractivity contribution in [3.05, 3.63) is 63.6 Å². The molecule has 1 N–H and O–H groups in total. The number of aryl methyl sites for hydroxylation is 1. The van der Waals surface area contributed by atoms with Gasteiger partial charge in [0.25, 0.3) is 10.0 Å². The molecule has 0 unspecified atom stereocenters. The quantitative estimate of drug-likeness (QED) is 0.865. The Morgan fingerprint density at radius 3 is 2.48 bits per heavy atom. The fraction of sp³-hybridized carbons (Fsp3) is 0.125. The molecule has 118 valence electrons. The number of carbonyl (C=O) groups excluding carboxylic acids is 1. The predicted octanol–water partition coefficient (Wildman–Crippen LogP) is 2.68. The zero-order chi connectivity index (χ0) is 17.0. The highest BCUT2D eigenvalue weighted by molar-refractivity contribution is 9.10. The molecule has 0 bridgehead atoms. The summed E-state index contributed by atoms with van der Waals surface area (Å²) in [5.41, 5.74) is 1.96. The maximum absolute atomic E-state index is 12.2. The van der Waals surface area contributed by atoms with Crippen molar-refractivity contribution in [3.8, 4) is 6.07 Å². The maximum Gasteiger partial charge on any atom is 0.264 e. The van der Waals surface area contributed by atoms with Gasteiger partial charge in [-0.25, -0.2) is 13.1 Å². The van der Waals surface area contributed by atoms with E-state index in [2.05, 4.69) is 15.9 Å². The molecule has 0 fully saturated rings. The van der Waals surface area contributed by atoms with E-state index in [1.54, 1.807) is 12.1 Å². The van der Waals surface area contributed by atoms with E-state index in [0.29, 0.717) is 4.47 Å². The summed E-state index contributed by atoms with van der Waals surface area (Å²) >= 11 is 3.14. The number of nitrogens with one attached hydrogen (secondary N) is 1. The predicted molar refractivity (Wildman–Crippen MR) is 89.1 cm³/mol. The molecule has 0 saturated heterocycles. The van der Waals surface area contributed by atoms with Gasteiger partial charge >= 0.3 is 0 Å². The number of amides is 1. The Morgan fingerprint density at radius 2 is 1.87 bits per heavy atom. The molecule has 2 aromatic carbocycles. The second-order valence-corrected chi connectivity index (χ2v) is 7.58. The van der Waals surface area contributed by atoms with E-state index >= 15 is 0 Å². The van der Waals surface area contributed by atoms with Crippen molar-refractivity contribution in [2.45, 2.75) is 18.2 Å². The molecule has 0 aliphatic carbocycles. The highest BCUT2D eigenvalue weighted by Crippen LogP contribution is 2.19. The van der Waals surface area contributed by atoms with E-state index in [9.17, 15) is 13.2 Å². The normalized spacial score (nSPS) is 10.8. The first kappa shape index (κ1) is 17.2. The average molecular weight is 393 g/mol. The number of nitriles is 1. The van der Waals surface area contributed by atoms with Crippen LogP contribution in [-0.2, 0) is 21.2 Å². The summed E-state index contributed by atoms with van der Waals surface area (Å²) in [6.07, 6.45) is -0.0430. The minimum Gasteiger partial charge on any atom is -0.274 e. The third-order valence-corrected chi connectivity index (χ3v) is 4.85. The van der Waals surface area contributed by atoms with Gasteiger partial charge in [0.05, 0.1) is 22.9 Å². The van der Waals surface area contributed by atoms with E-state index in [-0.39, 0.29) is 16.9 Å². The summed E-state index contributed by atoms with van der Waals surface area (Å²) in [6.45, 7) is 1.92. The second-order valence-electron chi connectivity index (χ2n) is 4.98. The van der Waals surface area contributed by atoms with E-state index in [1.165, 1.54) is 18.2 Å². The lowest BCUT2D eigenvalue weighted by Crippen LogP contribution is -2.31. The van der Waals surface area contributed by atoms with Crippen molar-refractivity contribution >= 4 is 31.9 Å². The third-order valence-electron chi connectivity index (χ3n) is 3.04. The van der Waals surface area contributed by atoms with E-state index in [1.807, 2.05) is 29.8 Å². The largest absolute Gasteiger partial charge is 0.274 e. The highest BCUT2D eigenvalue weighted by Gasteiger charge is 2.19. The Hall–Kier alpha value is -2.17. The molecule has 0 saturated carbocycles. The Morgan fingerprint density at radius 1 is 1.22 bits per heavy atom. The van der Waals surface area contributed by atoms with Crippen molar-refractivity contribution in [3.63, 3.8) is 0 Å². The molecule has 2 rings (SSSR count). The van der Waals surface area contributed by atoms with Crippen LogP contribution in [0.15, 0.2) is 51.8 Å². The van der Waals surface area contributed by atoms with Gasteiger partial charge < -0.3 is 0 Å². The van der Waals surface area contributed by atoms with Gasteiger partial charge in [0, 0.05) is 4.47 Å². The third kappa shape index (κ3) is 4.65. The molecule has 0 aromatic heterocycles. The first-order valence-corrected chi connectivity index (χ1v) is 8.89. The van der Waals surface area contributed by atoms with Crippen molar-refractivity contribution < 1.29 is 13.2 Å². The summed E-state index contributed by atoms with van der Waals surface area (Å²) in [7, 11) is -4.02. The number of hydrogen-bond donors (Lipinski definition) is 1. The first-order chi connectivity index (χ1) is 10.8. The number of hydrogen-bond acceptors (Lipinski definition) is 4. The standard InChI is InChI=1S/C16H13BrN2O3S/c1-11-2-4-12(5-3-11)8-16(20)19-23(21,22)15-7-13(10-18)6-14(17)9-15/h2-7,9H,8H2,1H3,(H,19,20). The number of benzene rings is 2. The van der Waals surface area contributed by atoms with Gasteiger partial charge in [-0.15, -0.1) is 0 Å². The average Bonchev–Trinajstić information content (AvgIpc) is 2.48. The number of carbonyl (C=O) groups is 1. The highest BCUT2D eigenvalue weighted by atomic mass is 79.9. The van der Waals surface area contributed by atoms with Crippen LogP contribution in [0.3, 0.4) is 0 Å². The molecule has 0 aliphatic rings. The molecule has 0 heterocycles. The van der Waals surface area contributed by atoms with Gasteiger partial charge in [-0.2, -0.15) is 5.26 Å². The summed E-state index contributed by atoms with van der Waals surface area (Å²) < 4.78 is 27.0. The number of nitrogens with zero attached hydrogens (tertiary/aromatic N) is 1. The van der Waals surface area contributed by atoms with Crippen molar-refractivity contribution in [2.75, 3.05) is 0 Å². The van der Waals surface area contributed by atoms with E-state index in [0.717, 1.165) is 11.1 Å². The van der Waals surface area contributed by atoms with Gasteiger partial charge in [-0.3, -0.25) is 4.79 Å². The molecule has 2 aromatic rings. The minimum atomic E-state index is -4.02. The lowest BCUT2D eigenvalue weighted by Gasteiger charge is -2.08. The number of sulfonamides is 1. The zero-order valence-electron chi connectivity index (χ0n) is 12.2. The van der Waals surface area contributed by atoms with Crippen LogP contribution in [0, 0.1) is 18.3 Å². The molecular formula is C16H13BrN2O3S. The van der Waals surface area contributed by atoms with Crippen LogP contribution in [-0.4, -0.2) is 14.3 Å². The molecule has 0 spiro atoms. The maximum atomic E-state index is 12.2. The molecule has 0 radical (unpaired) electrons. The van der Waals surface area contributed by atoms with Crippen molar-refractivity contribution in [2.24, 2.45) is 0 Å². The summed E-state index contributed by atoms with van der Waals surface area (Å²) in [6, 6.07) is 13.2. The fourth-order valence-electron chi connectivity index (χ4n) is 1.92. The van der Waals surface area contributed by atoms with Gasteiger partial charge in [0.2, 0.25) is 5.91 Å². The van der Waals surface area contributed by atoms with Crippen LogP contribution in [0.2, 0.25) is 0 Å². The van der Waals surface area contributed by atoms with Crippen LogP contribution < -0.4 is 4.72 Å². The van der Waals surface area contributed by atoms with Gasteiger partial charge in [-0.1, -0.05) is 45.8 Å². The van der Waals surface area contributed by atoms with E-state index in [4.69, 9.17) is 5.26 Å². The number of rotatable bonds is 4. The topological polar surface area (TPSA) is 87.0 Å². The minimum absolute atomic E-state index is 0.0430. The van der Waals surface area contributed by atoms with Crippen molar-refractivity contribution in [1.82, 2.24) is 4.72 Å². The smallest absolute Gasteiger partial charge is 0.264 e. The Labute approximate surface area is 143 Å². The van der Waals surface area contributed by atoms with Gasteiger partial charge in [0.15, 0.2) is 0 Å². The summed E-state index contributed by atoms with van der Waals surface area (Å²) in [5.74, 6) is -0.632. The van der Waals surface area contributed by atoms with Crippen LogP contribution in [0.25, 0.3) is 0 Å². The second kappa shape index (κ2) is 6.94. The SMILES string of the molecule is Cc1ccc(CC(=O)NS(=O)(=O)c2cc(Br)cc(C#N)c2)cc1. The van der Waals surface area contributed by atoms with Gasteiger partial charge in [-0.05, 0) is 30.7 Å². The molecule has 7 heteroatoms. The Kier molecular flexibility index (Phi) is 5.19. The van der Waals surface area contributed by atoms with Crippen LogP contribution in [0.5, 0.6) is 0 Å². The van der Waals surface area contributed by atoms with Gasteiger partial charge in [0.1, 0.15) is 0 Å². The Bertz CT molecular complexity index is 885. The van der Waals surface area contributed by atoms with E-state index < -0.39 is 15.9 Å². The monoisotopic (exact) mass is 392 g/mol. The molecule has 0 aliphatic heterocycles. The lowest BCUT2D eigenvalue weighted by molar-refractivity contribution is -0.118. The summed E-state index contributed by atoms with van der Waals surface area (Å²) in [5, 5.41) is 8.90. The molecule has 5 nitrogen and oxygen atoms in total. The molecule has 23 heavy (non-hydrogen) atoms. The van der Waals surface area contributed by atoms with Crippen LogP contribution in [0.4, 0.5) is 0 Å². The fourth-order valence-corrected chi connectivity index (χ4v) is 3.62. The zero-order valence-corrected chi connectivity index (χ0v) is 14.6. The molecule has 1 amide bonds. The van der Waals surface area contributed by atoms with Crippen LogP contribution in [0.1, 0.15) is 16.7 Å². The Balaban J connectivity index is 2.17. The lowest BCUT2D eigenvalue weighted by atomic mass is 10.1. The van der Waals surface area contributed by atoms with Crippen LogP contribution >= 0.6 is 15.9 Å². The molecule has 0 atom stereocenters. The van der Waals surface area contributed by atoms with Crippen molar-refractivity contribution in [1.29, 1.82) is 5.26 Å². The number of halogens is 1.